The third-order valence-electron chi connectivity index (χ3n) is 1.04. The molecular formula is C23H59BNO2. The lowest BCUT2D eigenvalue weighted by Gasteiger charge is -1.91. The number of nitrogens with two attached hydrogens (primary N) is 1. The van der Waals surface area contributed by atoms with E-state index in [-0.39, 0.29) is 38.1 Å². The lowest BCUT2D eigenvalue weighted by molar-refractivity contribution is -0.134. The minimum atomic E-state index is -0.833. The van der Waals surface area contributed by atoms with Crippen molar-refractivity contribution in [3.8, 4) is 0 Å². The van der Waals surface area contributed by atoms with Gasteiger partial charge >= 0.3 is 0 Å². The Kier molecular flexibility index (Phi) is 275. The molecule has 0 aromatic heterocycles. The van der Waals surface area contributed by atoms with Crippen molar-refractivity contribution in [3.63, 3.8) is 0 Å². The van der Waals surface area contributed by atoms with Gasteiger partial charge in [-0.25, -0.2) is 0 Å². The lowest BCUT2D eigenvalue weighted by Crippen LogP contribution is -1.82. The molecule has 0 atom stereocenters. The van der Waals surface area contributed by atoms with Crippen LogP contribution in [0.15, 0.2) is 24.3 Å². The zero-order valence-corrected chi connectivity index (χ0v) is 17.8. The van der Waals surface area contributed by atoms with Crippen molar-refractivity contribution in [3.05, 3.63) is 29.8 Å². The maximum Gasteiger partial charge on any atom is 0.300 e. The van der Waals surface area contributed by atoms with Crippen molar-refractivity contribution in [2.24, 2.45) is 0 Å². The predicted molar refractivity (Wildman–Crippen MR) is 138 cm³/mol. The molecule has 0 bridgehead atoms. The normalized spacial score (nSPS) is 4.74. The molecule has 0 heterocycles. The first-order chi connectivity index (χ1) is 10.5. The van der Waals surface area contributed by atoms with Crippen LogP contribution in [0.2, 0.25) is 0 Å². The molecule has 1 aromatic rings. The number of anilines is 1. The number of hydrogen-bond donors (Lipinski definition) is 2. The highest BCUT2D eigenvalue weighted by atomic mass is 16.4. The topological polar surface area (TPSA) is 63.3 Å². The van der Waals surface area contributed by atoms with Crippen LogP contribution in [0, 0.1) is 6.92 Å². The maximum absolute atomic E-state index is 9.00. The second-order valence-corrected chi connectivity index (χ2v) is 2.43. The third-order valence-corrected chi connectivity index (χ3v) is 1.04. The summed E-state index contributed by atoms with van der Waals surface area (Å²) < 4.78 is 0. The molecule has 0 aliphatic heterocycles. The molecular weight excluding hydrogens is 333 g/mol. The number of nitrogen functional groups attached to an aromatic ring is 1. The van der Waals surface area contributed by atoms with Crippen LogP contribution >= 0.6 is 0 Å². The van der Waals surface area contributed by atoms with Crippen LogP contribution in [0.25, 0.3) is 0 Å². The molecule has 0 unspecified atom stereocenters. The van der Waals surface area contributed by atoms with Gasteiger partial charge in [0.15, 0.2) is 0 Å². The fourth-order valence-electron chi connectivity index (χ4n) is 0.670. The number of carboxylic acid groups (broad SMARTS) is 1. The highest BCUT2D eigenvalue weighted by Crippen LogP contribution is 2.03. The molecule has 4 heteroatoms. The average molecular weight is 393 g/mol. The number of carbonyl (C=O) groups is 1. The van der Waals surface area contributed by atoms with Gasteiger partial charge in [-0.15, -0.1) is 0 Å². The molecule has 0 aliphatic rings. The van der Waals surface area contributed by atoms with E-state index in [1.807, 2.05) is 100 Å². The second-order valence-electron chi connectivity index (χ2n) is 2.43. The average Bonchev–Trinajstić information content (AvgIpc) is 2.56. The minimum absolute atomic E-state index is 0. The summed E-state index contributed by atoms with van der Waals surface area (Å²) in [7, 11) is 0. The first kappa shape index (κ1) is 72.7. The Balaban J connectivity index is -0.0000000134. The minimum Gasteiger partial charge on any atom is -0.481 e. The van der Waals surface area contributed by atoms with Crippen molar-refractivity contribution in [2.75, 3.05) is 5.73 Å². The number of aryl methyl sites for hydroxylation is 1. The molecule has 0 spiro atoms. The van der Waals surface area contributed by atoms with Gasteiger partial charge in [0.05, 0.1) is 0 Å². The van der Waals surface area contributed by atoms with Crippen molar-refractivity contribution in [1.82, 2.24) is 0 Å². The van der Waals surface area contributed by atoms with Gasteiger partial charge in [-0.1, -0.05) is 111 Å². The largest absolute Gasteiger partial charge is 0.481 e. The Labute approximate surface area is 178 Å². The van der Waals surface area contributed by atoms with E-state index in [0.717, 1.165) is 12.6 Å². The number of hydrogen-bond acceptors (Lipinski definition) is 2. The summed E-state index contributed by atoms with van der Waals surface area (Å²) in [6.07, 6.45) is 0. The summed E-state index contributed by atoms with van der Waals surface area (Å²) in [4.78, 5) is 9.00. The van der Waals surface area contributed by atoms with Gasteiger partial charge in [0.2, 0.25) is 0 Å². The van der Waals surface area contributed by atoms with E-state index in [4.69, 9.17) is 15.6 Å². The molecule has 27 heavy (non-hydrogen) atoms. The summed E-state index contributed by atoms with van der Waals surface area (Å²) in [6.45, 7) is 23.1. The first-order valence-electron chi connectivity index (χ1n) is 8.54. The zero-order chi connectivity index (χ0) is 19.6. The van der Waals surface area contributed by atoms with Crippen LogP contribution in [0.1, 0.15) is 111 Å². The first-order valence-corrected chi connectivity index (χ1v) is 8.54. The van der Waals surface area contributed by atoms with E-state index in [2.05, 4.69) is 0 Å². The summed E-state index contributed by atoms with van der Waals surface area (Å²) in [5.74, 6) is -0.833. The van der Waals surface area contributed by atoms with Crippen LogP contribution in [-0.2, 0) is 4.79 Å². The fourth-order valence-corrected chi connectivity index (χ4v) is 0.670. The van der Waals surface area contributed by atoms with E-state index in [9.17, 15) is 0 Å². The van der Waals surface area contributed by atoms with Crippen LogP contribution in [0.4, 0.5) is 5.69 Å². The van der Waals surface area contributed by atoms with Crippen LogP contribution in [0.3, 0.4) is 0 Å². The summed E-state index contributed by atoms with van der Waals surface area (Å²) in [5.41, 5.74) is 7.51. The van der Waals surface area contributed by atoms with Crippen LogP contribution in [-0.4, -0.2) is 19.5 Å². The molecule has 3 nitrogen and oxygen atoms in total. The van der Waals surface area contributed by atoms with Crippen molar-refractivity contribution >= 4 is 20.1 Å². The molecule has 171 valence electrons. The number of rotatable bonds is 0. The Morgan fingerprint density at radius 2 is 1.00 bits per heavy atom. The Morgan fingerprint density at radius 3 is 1.11 bits per heavy atom. The number of benzene rings is 1. The van der Waals surface area contributed by atoms with Crippen LogP contribution < -0.4 is 5.73 Å². The van der Waals surface area contributed by atoms with Crippen molar-refractivity contribution in [2.45, 2.75) is 113 Å². The van der Waals surface area contributed by atoms with Gasteiger partial charge in [0.1, 0.15) is 0 Å². The predicted octanol–water partition coefficient (Wildman–Crippen LogP) is 8.96. The standard InChI is InChI=1S/C7H9N.C2H4O2.5C2H6.4CH4.B/c1-6-3-2-4-7(8)5-6;1-2(3)4;5*1-2;;;;;/h2-5H,8H2,1H3;1H3,(H,3,4);5*1-2H3;4*1H4;. The van der Waals surface area contributed by atoms with Crippen LogP contribution in [0.5, 0.6) is 0 Å². The monoisotopic (exact) mass is 392 g/mol. The summed E-state index contributed by atoms with van der Waals surface area (Å²) in [5, 5.41) is 7.42. The molecule has 3 N–H and O–H groups in total. The van der Waals surface area contributed by atoms with Gasteiger partial charge < -0.3 is 10.8 Å². The van der Waals surface area contributed by atoms with Gasteiger partial charge in [-0.05, 0) is 24.6 Å². The number of aliphatic carboxylic acids is 1. The van der Waals surface area contributed by atoms with Crippen molar-refractivity contribution < 1.29 is 9.90 Å². The van der Waals surface area contributed by atoms with Gasteiger partial charge in [0, 0.05) is 21.0 Å². The highest BCUT2D eigenvalue weighted by Gasteiger charge is 1.81. The Bertz CT molecular complexity index is 247. The smallest absolute Gasteiger partial charge is 0.300 e. The molecule has 0 fully saturated rings. The molecule has 0 aliphatic carbocycles. The Morgan fingerprint density at radius 1 is 0.778 bits per heavy atom. The molecule has 3 radical (unpaired) electrons. The molecule has 0 saturated heterocycles. The van der Waals surface area contributed by atoms with Crippen molar-refractivity contribution in [1.29, 1.82) is 0 Å². The molecule has 1 aromatic carbocycles. The van der Waals surface area contributed by atoms with Gasteiger partial charge in [-0.2, -0.15) is 0 Å². The molecule has 1 rings (SSSR count). The SMILES string of the molecule is C.C.C.C.CC.CC.CC.CC.CC.CC(=O)O.Cc1cccc(N)c1.[B]. The molecule has 0 amide bonds. The molecule has 0 saturated carbocycles. The summed E-state index contributed by atoms with van der Waals surface area (Å²) >= 11 is 0. The van der Waals surface area contributed by atoms with Gasteiger partial charge in [0.25, 0.3) is 5.97 Å². The lowest BCUT2D eigenvalue weighted by atomic mass is 10.2. The summed E-state index contributed by atoms with van der Waals surface area (Å²) in [6, 6.07) is 7.80. The van der Waals surface area contributed by atoms with Gasteiger partial charge in [-0.3, -0.25) is 4.79 Å². The Hall–Kier alpha value is -1.45. The third kappa shape index (κ3) is 171. The van der Waals surface area contributed by atoms with E-state index in [1.54, 1.807) is 0 Å². The number of carboxylic acids is 1. The van der Waals surface area contributed by atoms with E-state index in [1.165, 1.54) is 5.56 Å². The van der Waals surface area contributed by atoms with E-state index < -0.39 is 5.97 Å². The second kappa shape index (κ2) is 102. The van der Waals surface area contributed by atoms with E-state index >= 15 is 0 Å². The maximum atomic E-state index is 9.00. The highest BCUT2D eigenvalue weighted by molar-refractivity contribution is 5.75. The fraction of sp³-hybridized carbons (Fsp3) is 0.696. The van der Waals surface area contributed by atoms with E-state index in [0.29, 0.717) is 0 Å². The quantitative estimate of drug-likeness (QED) is 0.342. The zero-order valence-electron chi connectivity index (χ0n) is 17.8.